The van der Waals surface area contributed by atoms with E-state index in [9.17, 15) is 0 Å². The molecule has 0 aliphatic heterocycles. The zero-order valence-electron chi connectivity index (χ0n) is 9.51. The standard InChI is InChI=1S/C15H10BrNSe/c16-13-8-6-12(7-9-13)15-10-14(17-18-15)11-4-2-1-3-5-11/h1-10H. The van der Waals surface area contributed by atoms with Crippen LogP contribution < -0.4 is 0 Å². The van der Waals surface area contributed by atoms with Gasteiger partial charge < -0.3 is 0 Å². The number of nitrogens with zero attached hydrogens (tertiary/aromatic N) is 1. The predicted molar refractivity (Wildman–Crippen MR) is 79.7 cm³/mol. The van der Waals surface area contributed by atoms with Gasteiger partial charge in [-0.1, -0.05) is 0 Å². The predicted octanol–water partition coefficient (Wildman–Crippen LogP) is 4.24. The number of halogens is 1. The summed E-state index contributed by atoms with van der Waals surface area (Å²) in [5.41, 5.74) is 3.58. The third kappa shape index (κ3) is 2.49. The van der Waals surface area contributed by atoms with Crippen molar-refractivity contribution in [3.05, 3.63) is 65.1 Å². The molecule has 3 rings (SSSR count). The summed E-state index contributed by atoms with van der Waals surface area (Å²) < 4.78 is 7.12. The van der Waals surface area contributed by atoms with Crippen LogP contribution in [-0.2, 0) is 0 Å². The SMILES string of the molecule is Brc1ccc(-c2cc(-c3ccccc3)n[se]2)cc1. The van der Waals surface area contributed by atoms with Crippen LogP contribution in [0, 0.1) is 0 Å². The Morgan fingerprint density at radius 2 is 1.56 bits per heavy atom. The molecule has 0 amide bonds. The molecule has 0 saturated carbocycles. The molecule has 1 aromatic heterocycles. The average Bonchev–Trinajstić information content (AvgIpc) is 2.90. The van der Waals surface area contributed by atoms with Gasteiger partial charge in [0.2, 0.25) is 0 Å². The van der Waals surface area contributed by atoms with Gasteiger partial charge in [0.1, 0.15) is 0 Å². The van der Waals surface area contributed by atoms with Crippen LogP contribution >= 0.6 is 15.9 Å². The molecule has 0 aliphatic carbocycles. The van der Waals surface area contributed by atoms with Crippen molar-refractivity contribution in [2.75, 3.05) is 0 Å². The molecule has 18 heavy (non-hydrogen) atoms. The van der Waals surface area contributed by atoms with Gasteiger partial charge in [0, 0.05) is 0 Å². The molecule has 1 nitrogen and oxygen atoms in total. The summed E-state index contributed by atoms with van der Waals surface area (Å²) >= 11 is 3.65. The molecule has 0 atom stereocenters. The Labute approximate surface area is 121 Å². The Hall–Kier alpha value is -1.15. The fourth-order valence-electron chi connectivity index (χ4n) is 1.77. The first-order valence-corrected chi connectivity index (χ1v) is 8.02. The first kappa shape index (κ1) is 11.9. The van der Waals surface area contributed by atoms with Gasteiger partial charge in [0.25, 0.3) is 0 Å². The van der Waals surface area contributed by atoms with Gasteiger partial charge in [0.15, 0.2) is 0 Å². The van der Waals surface area contributed by atoms with Crippen molar-refractivity contribution in [3.63, 3.8) is 0 Å². The average molecular weight is 363 g/mol. The molecule has 3 aromatic rings. The number of hydrogen-bond donors (Lipinski definition) is 0. The van der Waals surface area contributed by atoms with Gasteiger partial charge in [-0.15, -0.1) is 0 Å². The monoisotopic (exact) mass is 363 g/mol. The van der Waals surface area contributed by atoms with Gasteiger partial charge in [-0.2, -0.15) is 0 Å². The van der Waals surface area contributed by atoms with Crippen LogP contribution in [0.25, 0.3) is 21.3 Å². The molecule has 88 valence electrons. The molecule has 0 bridgehead atoms. The Kier molecular flexibility index (Phi) is 3.46. The van der Waals surface area contributed by atoms with Crippen molar-refractivity contribution in [2.24, 2.45) is 0 Å². The number of rotatable bonds is 2. The molecule has 1 heterocycles. The van der Waals surface area contributed by atoms with E-state index in [1.54, 1.807) is 0 Å². The molecule has 0 aliphatic rings. The Balaban J connectivity index is 1.97. The molecule has 0 unspecified atom stereocenters. The molecule has 0 spiro atoms. The fraction of sp³-hybridized carbons (Fsp3) is 0. The van der Waals surface area contributed by atoms with Crippen molar-refractivity contribution >= 4 is 30.7 Å². The normalized spacial score (nSPS) is 10.5. The van der Waals surface area contributed by atoms with E-state index >= 15 is 0 Å². The van der Waals surface area contributed by atoms with E-state index in [1.165, 1.54) is 15.6 Å². The molecule has 3 heteroatoms. The van der Waals surface area contributed by atoms with Crippen LogP contribution in [0.1, 0.15) is 0 Å². The van der Waals surface area contributed by atoms with Crippen molar-refractivity contribution in [1.29, 1.82) is 0 Å². The van der Waals surface area contributed by atoms with E-state index in [0.29, 0.717) is 0 Å². The van der Waals surface area contributed by atoms with Crippen LogP contribution in [0.4, 0.5) is 0 Å². The summed E-state index contributed by atoms with van der Waals surface area (Å²) in [5.74, 6) is 0. The number of aromatic nitrogens is 1. The second-order valence-electron chi connectivity index (χ2n) is 3.95. The Morgan fingerprint density at radius 3 is 2.28 bits per heavy atom. The maximum absolute atomic E-state index is 4.66. The number of benzene rings is 2. The third-order valence-electron chi connectivity index (χ3n) is 2.71. The van der Waals surface area contributed by atoms with Crippen LogP contribution in [0.3, 0.4) is 0 Å². The van der Waals surface area contributed by atoms with Crippen molar-refractivity contribution in [2.45, 2.75) is 0 Å². The second kappa shape index (κ2) is 5.23. The van der Waals surface area contributed by atoms with Gasteiger partial charge in [-0.05, 0) is 0 Å². The zero-order chi connectivity index (χ0) is 12.4. The Morgan fingerprint density at radius 1 is 0.833 bits per heavy atom. The van der Waals surface area contributed by atoms with E-state index in [1.807, 2.05) is 6.07 Å². The summed E-state index contributed by atoms with van der Waals surface area (Å²) in [4.78, 5) is 0. The quantitative estimate of drug-likeness (QED) is 0.621. The van der Waals surface area contributed by atoms with E-state index in [0.717, 1.165) is 10.2 Å². The van der Waals surface area contributed by atoms with Crippen LogP contribution in [0.5, 0.6) is 0 Å². The zero-order valence-corrected chi connectivity index (χ0v) is 12.8. The summed E-state index contributed by atoms with van der Waals surface area (Å²) in [6.45, 7) is 0. The molecule has 0 fully saturated rings. The van der Waals surface area contributed by atoms with Gasteiger partial charge in [-0.25, -0.2) is 0 Å². The van der Waals surface area contributed by atoms with Crippen LogP contribution in [-0.4, -0.2) is 18.7 Å². The molecule has 0 radical (unpaired) electrons. The topological polar surface area (TPSA) is 12.9 Å². The van der Waals surface area contributed by atoms with Gasteiger partial charge in [-0.3, -0.25) is 0 Å². The van der Waals surface area contributed by atoms with E-state index in [4.69, 9.17) is 0 Å². The maximum atomic E-state index is 4.66. The summed E-state index contributed by atoms with van der Waals surface area (Å²) in [5, 5.41) is 0. The molecular weight excluding hydrogens is 353 g/mol. The fourth-order valence-corrected chi connectivity index (χ4v) is 3.63. The van der Waals surface area contributed by atoms with Crippen molar-refractivity contribution in [3.8, 4) is 21.3 Å². The first-order chi connectivity index (χ1) is 8.83. The van der Waals surface area contributed by atoms with E-state index < -0.39 is 0 Å². The number of hydrogen-bond acceptors (Lipinski definition) is 1. The first-order valence-electron chi connectivity index (χ1n) is 5.61. The second-order valence-corrected chi connectivity index (χ2v) is 6.55. The summed E-state index contributed by atoms with van der Waals surface area (Å²) in [6, 6.07) is 21.0. The molecule has 2 aromatic carbocycles. The van der Waals surface area contributed by atoms with Crippen LogP contribution in [0.2, 0.25) is 0 Å². The summed E-state index contributed by atoms with van der Waals surface area (Å²) in [6.07, 6.45) is 0. The van der Waals surface area contributed by atoms with E-state index in [2.05, 4.69) is 74.5 Å². The molecular formula is C15H10BrNSe. The molecule has 0 N–H and O–H groups in total. The molecule has 0 saturated heterocycles. The Bertz CT molecular complexity index is 644. The summed E-state index contributed by atoms with van der Waals surface area (Å²) in [7, 11) is 0. The minimum absolute atomic E-state index is 0.193. The third-order valence-corrected chi connectivity index (χ3v) is 5.00. The van der Waals surface area contributed by atoms with Crippen LogP contribution in [0.15, 0.2) is 65.1 Å². The van der Waals surface area contributed by atoms with Gasteiger partial charge >= 0.3 is 121 Å². The van der Waals surface area contributed by atoms with Crippen molar-refractivity contribution in [1.82, 2.24) is 3.98 Å². The van der Waals surface area contributed by atoms with Gasteiger partial charge in [0.05, 0.1) is 0 Å². The van der Waals surface area contributed by atoms with Crippen molar-refractivity contribution < 1.29 is 0 Å². The van der Waals surface area contributed by atoms with E-state index in [-0.39, 0.29) is 14.7 Å². The minimum atomic E-state index is 0.193.